The third-order valence-corrected chi connectivity index (χ3v) is 4.94. The second kappa shape index (κ2) is 7.64. The van der Waals surface area contributed by atoms with Crippen LogP contribution in [0.5, 0.6) is 0 Å². The highest BCUT2D eigenvalue weighted by Gasteiger charge is 2.22. The van der Waals surface area contributed by atoms with E-state index < -0.39 is 0 Å². The van der Waals surface area contributed by atoms with Gasteiger partial charge in [-0.15, -0.1) is 11.8 Å². The summed E-state index contributed by atoms with van der Waals surface area (Å²) in [6.45, 7) is 5.32. The molecule has 0 aromatic heterocycles. The number of hydrogen-bond acceptors (Lipinski definition) is 3. The first-order valence-electron chi connectivity index (χ1n) is 7.64. The molecule has 0 spiro atoms. The minimum Gasteiger partial charge on any atom is -0.342 e. The van der Waals surface area contributed by atoms with Crippen molar-refractivity contribution in [2.24, 2.45) is 0 Å². The highest BCUT2D eigenvalue weighted by atomic mass is 32.2. The number of hydrogen-bond donors (Lipinski definition) is 0. The van der Waals surface area contributed by atoms with Gasteiger partial charge in [0, 0.05) is 23.5 Å². The normalized spacial score (nSPS) is 17.1. The molecule has 1 saturated heterocycles. The largest absolute Gasteiger partial charge is 0.342 e. The fraction of sp³-hybridized carbons (Fsp3) is 0.529. The molecule has 2 rings (SSSR count). The summed E-state index contributed by atoms with van der Waals surface area (Å²) in [5.74, 6) is 0.304. The zero-order valence-electron chi connectivity index (χ0n) is 12.8. The molecule has 0 saturated carbocycles. The molecule has 1 atom stereocenters. The third-order valence-electron chi connectivity index (χ3n) is 3.84. The number of Topliss-reactive ketones (excluding diaryl/α,β-unsaturated/α-hetero) is 1. The van der Waals surface area contributed by atoms with Gasteiger partial charge in [-0.2, -0.15) is 0 Å². The molecule has 1 amide bonds. The first kappa shape index (κ1) is 16.1. The lowest BCUT2D eigenvalue weighted by Crippen LogP contribution is -2.37. The van der Waals surface area contributed by atoms with Gasteiger partial charge >= 0.3 is 0 Å². The van der Waals surface area contributed by atoms with Gasteiger partial charge in [0.15, 0.2) is 5.78 Å². The van der Waals surface area contributed by atoms with Crippen LogP contribution in [0.25, 0.3) is 0 Å². The van der Waals surface area contributed by atoms with E-state index in [-0.39, 0.29) is 16.9 Å². The Morgan fingerprint density at radius 1 is 1.05 bits per heavy atom. The number of carbonyl (C=O) groups excluding carboxylic acids is 2. The number of likely N-dealkylation sites (tertiary alicyclic amines) is 1. The third kappa shape index (κ3) is 4.60. The van der Waals surface area contributed by atoms with Gasteiger partial charge in [0.2, 0.25) is 5.91 Å². The maximum atomic E-state index is 12.5. The van der Waals surface area contributed by atoms with Crippen LogP contribution < -0.4 is 0 Å². The fourth-order valence-corrected chi connectivity index (χ4v) is 3.52. The Labute approximate surface area is 131 Å². The molecular formula is C17H23NO2S. The molecule has 1 aromatic rings. The molecular weight excluding hydrogens is 282 g/mol. The van der Waals surface area contributed by atoms with Crippen molar-refractivity contribution in [3.8, 4) is 0 Å². The van der Waals surface area contributed by atoms with E-state index in [0.717, 1.165) is 30.8 Å². The quantitative estimate of drug-likeness (QED) is 0.627. The Bertz CT molecular complexity index is 490. The summed E-state index contributed by atoms with van der Waals surface area (Å²) in [6, 6.07) is 7.50. The lowest BCUT2D eigenvalue weighted by molar-refractivity contribution is -0.130. The summed E-state index contributed by atoms with van der Waals surface area (Å²) in [7, 11) is 0. The minimum atomic E-state index is -0.0775. The Kier molecular flexibility index (Phi) is 5.85. The number of ketones is 1. The lowest BCUT2D eigenvalue weighted by atomic mass is 10.2. The Morgan fingerprint density at radius 3 is 2.14 bits per heavy atom. The van der Waals surface area contributed by atoms with Crippen LogP contribution in [0.15, 0.2) is 29.2 Å². The summed E-state index contributed by atoms with van der Waals surface area (Å²) in [4.78, 5) is 26.8. The maximum absolute atomic E-state index is 12.5. The van der Waals surface area contributed by atoms with Crippen molar-refractivity contribution < 1.29 is 9.59 Å². The van der Waals surface area contributed by atoms with Gasteiger partial charge in [-0.25, -0.2) is 0 Å². The highest BCUT2D eigenvalue weighted by molar-refractivity contribution is 8.00. The van der Waals surface area contributed by atoms with Crippen molar-refractivity contribution >= 4 is 23.5 Å². The molecule has 1 aromatic carbocycles. The summed E-state index contributed by atoms with van der Waals surface area (Å²) in [6.07, 6.45) is 4.71. The molecule has 1 fully saturated rings. The predicted molar refractivity (Wildman–Crippen MR) is 86.8 cm³/mol. The molecule has 0 radical (unpaired) electrons. The van der Waals surface area contributed by atoms with Crippen LogP contribution in [-0.4, -0.2) is 34.9 Å². The van der Waals surface area contributed by atoms with E-state index in [1.165, 1.54) is 12.8 Å². The van der Waals surface area contributed by atoms with Crippen LogP contribution in [0.2, 0.25) is 0 Å². The van der Waals surface area contributed by atoms with Crippen molar-refractivity contribution in [2.75, 3.05) is 13.1 Å². The zero-order valence-corrected chi connectivity index (χ0v) is 13.6. The van der Waals surface area contributed by atoms with Crippen LogP contribution in [0, 0.1) is 0 Å². The SMILES string of the molecule is CC(=O)c1ccc(SC(C)C(=O)N2CCCCCC2)cc1. The number of benzene rings is 1. The van der Waals surface area contributed by atoms with E-state index in [2.05, 4.69) is 0 Å². The van der Waals surface area contributed by atoms with Gasteiger partial charge in [0.05, 0.1) is 5.25 Å². The van der Waals surface area contributed by atoms with Gasteiger partial charge in [0.1, 0.15) is 0 Å². The lowest BCUT2D eigenvalue weighted by Gasteiger charge is -2.23. The number of amides is 1. The van der Waals surface area contributed by atoms with Crippen LogP contribution >= 0.6 is 11.8 Å². The highest BCUT2D eigenvalue weighted by Crippen LogP contribution is 2.25. The second-order valence-corrected chi connectivity index (χ2v) is 6.99. The molecule has 3 nitrogen and oxygen atoms in total. The first-order valence-corrected chi connectivity index (χ1v) is 8.52. The van der Waals surface area contributed by atoms with Gasteiger partial charge in [-0.05, 0) is 38.8 Å². The standard InChI is InChI=1S/C17H23NO2S/c1-13(19)15-7-9-16(10-8-15)21-14(2)17(20)18-11-5-3-4-6-12-18/h7-10,14H,3-6,11-12H2,1-2H3. The predicted octanol–water partition coefficient (Wildman–Crippen LogP) is 3.77. The van der Waals surface area contributed by atoms with E-state index in [1.54, 1.807) is 18.7 Å². The van der Waals surface area contributed by atoms with E-state index in [1.807, 2.05) is 36.1 Å². The van der Waals surface area contributed by atoms with Crippen molar-refractivity contribution in [3.63, 3.8) is 0 Å². The van der Waals surface area contributed by atoms with Crippen molar-refractivity contribution in [1.82, 2.24) is 4.90 Å². The Balaban J connectivity index is 1.94. The second-order valence-electron chi connectivity index (χ2n) is 5.58. The topological polar surface area (TPSA) is 37.4 Å². The number of carbonyl (C=O) groups is 2. The summed E-state index contributed by atoms with van der Waals surface area (Å²) in [5, 5.41) is -0.0775. The Hall–Kier alpha value is -1.29. The van der Waals surface area contributed by atoms with Crippen LogP contribution in [0.1, 0.15) is 49.9 Å². The Morgan fingerprint density at radius 2 is 1.62 bits per heavy atom. The van der Waals surface area contributed by atoms with E-state index >= 15 is 0 Å². The average molecular weight is 305 g/mol. The van der Waals surface area contributed by atoms with Gasteiger partial charge in [-0.1, -0.05) is 25.0 Å². The number of nitrogens with zero attached hydrogens (tertiary/aromatic N) is 1. The summed E-state index contributed by atoms with van der Waals surface area (Å²) < 4.78 is 0. The molecule has 4 heteroatoms. The molecule has 1 aliphatic heterocycles. The van der Waals surface area contributed by atoms with Gasteiger partial charge in [0.25, 0.3) is 0 Å². The van der Waals surface area contributed by atoms with Gasteiger partial charge in [-0.3, -0.25) is 9.59 Å². The van der Waals surface area contributed by atoms with E-state index in [4.69, 9.17) is 0 Å². The molecule has 0 bridgehead atoms. The molecule has 1 aliphatic rings. The molecule has 114 valence electrons. The number of thioether (sulfide) groups is 1. The average Bonchev–Trinajstić information content (AvgIpc) is 2.76. The summed E-state index contributed by atoms with van der Waals surface area (Å²) >= 11 is 1.57. The van der Waals surface area contributed by atoms with Crippen molar-refractivity contribution in [1.29, 1.82) is 0 Å². The first-order chi connectivity index (χ1) is 10.1. The van der Waals surface area contributed by atoms with E-state index in [9.17, 15) is 9.59 Å². The fourth-order valence-electron chi connectivity index (χ4n) is 2.57. The van der Waals surface area contributed by atoms with Crippen molar-refractivity contribution in [3.05, 3.63) is 29.8 Å². The van der Waals surface area contributed by atoms with Crippen LogP contribution in [0.4, 0.5) is 0 Å². The molecule has 0 aliphatic carbocycles. The number of rotatable bonds is 4. The molecule has 1 heterocycles. The smallest absolute Gasteiger partial charge is 0.235 e. The zero-order chi connectivity index (χ0) is 15.2. The van der Waals surface area contributed by atoms with Crippen LogP contribution in [-0.2, 0) is 4.79 Å². The van der Waals surface area contributed by atoms with Crippen LogP contribution in [0.3, 0.4) is 0 Å². The molecule has 0 N–H and O–H groups in total. The van der Waals surface area contributed by atoms with E-state index in [0.29, 0.717) is 5.56 Å². The molecule has 21 heavy (non-hydrogen) atoms. The maximum Gasteiger partial charge on any atom is 0.235 e. The summed E-state index contributed by atoms with van der Waals surface area (Å²) in [5.41, 5.74) is 0.714. The monoisotopic (exact) mass is 305 g/mol. The van der Waals surface area contributed by atoms with Gasteiger partial charge < -0.3 is 4.90 Å². The molecule has 1 unspecified atom stereocenters. The minimum absolute atomic E-state index is 0.0697. The van der Waals surface area contributed by atoms with Crippen molar-refractivity contribution in [2.45, 2.75) is 49.7 Å².